The molecule has 0 aromatic carbocycles. The third-order valence-electron chi connectivity index (χ3n) is 12.7. The van der Waals surface area contributed by atoms with E-state index in [9.17, 15) is 30.3 Å². The van der Waals surface area contributed by atoms with Crippen molar-refractivity contribution in [2.75, 3.05) is 13.2 Å². The van der Waals surface area contributed by atoms with Gasteiger partial charge in [-0.3, -0.25) is 4.79 Å². The van der Waals surface area contributed by atoms with Crippen LogP contribution in [0.1, 0.15) is 258 Å². The van der Waals surface area contributed by atoms with Crippen molar-refractivity contribution in [2.45, 2.75) is 301 Å². The van der Waals surface area contributed by atoms with Crippen LogP contribution in [0.5, 0.6) is 0 Å². The number of hydrogen-bond acceptors (Lipinski definition) is 8. The molecular weight excluding hydrogens is 743 g/mol. The molecule has 1 rings (SSSR count). The lowest BCUT2D eigenvalue weighted by Gasteiger charge is -2.40. The number of carbonyl (C=O) groups is 1. The Morgan fingerprint density at radius 1 is 0.508 bits per heavy atom. The van der Waals surface area contributed by atoms with Crippen molar-refractivity contribution < 1.29 is 39.8 Å². The number of ether oxygens (including phenoxy) is 2. The molecule has 0 aromatic heterocycles. The molecule has 59 heavy (non-hydrogen) atoms. The molecule has 352 valence electrons. The van der Waals surface area contributed by atoms with E-state index in [0.29, 0.717) is 12.8 Å². The molecule has 1 aliphatic heterocycles. The monoisotopic (exact) mass is 842 g/mol. The number of carbonyl (C=O) groups excluding carboxylic acids is 1. The predicted molar refractivity (Wildman–Crippen MR) is 244 cm³/mol. The first-order chi connectivity index (χ1) is 28.8. The van der Waals surface area contributed by atoms with Crippen molar-refractivity contribution in [3.63, 3.8) is 0 Å². The highest BCUT2D eigenvalue weighted by molar-refractivity contribution is 5.76. The second-order valence-electron chi connectivity index (χ2n) is 18.3. The fourth-order valence-corrected chi connectivity index (χ4v) is 8.58. The van der Waals surface area contributed by atoms with Crippen LogP contribution >= 0.6 is 0 Å². The lowest BCUT2D eigenvalue weighted by Crippen LogP contribution is -2.60. The fraction of sp³-hybridized carbons (Fsp3) is 0.980. The van der Waals surface area contributed by atoms with E-state index in [0.717, 1.165) is 38.5 Å². The standard InChI is InChI=1S/C50H99NO8/c1-3-5-7-9-11-13-15-17-19-21-22-24-26-28-30-32-34-36-38-40-46(54)51-43(42-58-50-49(57)48(56)47(55)45(41-52)59-50)44(53)39-37-35-33-31-29-27-25-23-20-18-16-14-12-10-8-6-4-2/h43-45,47-50,52-53,55-57H,3-42H2,1-2H3,(H,51,54)/t43-,44+,45+,47+,48?,49?,50+/m0/s1. The summed E-state index contributed by atoms with van der Waals surface area (Å²) < 4.78 is 11.3. The maximum atomic E-state index is 13.0. The molecule has 1 heterocycles. The average Bonchev–Trinajstić information content (AvgIpc) is 3.23. The van der Waals surface area contributed by atoms with Gasteiger partial charge < -0.3 is 40.3 Å². The van der Waals surface area contributed by atoms with Gasteiger partial charge in [0.05, 0.1) is 25.4 Å². The van der Waals surface area contributed by atoms with Gasteiger partial charge in [-0.15, -0.1) is 0 Å². The van der Waals surface area contributed by atoms with Crippen molar-refractivity contribution in [3.8, 4) is 0 Å². The molecule has 2 unspecified atom stereocenters. The molecule has 1 saturated heterocycles. The van der Waals surface area contributed by atoms with Crippen LogP contribution in [-0.4, -0.2) is 87.5 Å². The lowest BCUT2D eigenvalue weighted by molar-refractivity contribution is -0.302. The van der Waals surface area contributed by atoms with Crippen LogP contribution in [0.4, 0.5) is 0 Å². The van der Waals surface area contributed by atoms with E-state index in [1.54, 1.807) is 0 Å². The Morgan fingerprint density at radius 2 is 0.847 bits per heavy atom. The number of unbranched alkanes of at least 4 members (excludes halogenated alkanes) is 34. The zero-order valence-corrected chi connectivity index (χ0v) is 38.8. The molecule has 9 heteroatoms. The molecule has 9 nitrogen and oxygen atoms in total. The summed E-state index contributed by atoms with van der Waals surface area (Å²) in [6.07, 6.45) is 39.7. The SMILES string of the molecule is CCCCCCCCCCCCCCCCCCCCCC(=O)N[C@@H](CO[C@@H]1O[C@H](CO)[C@@H](O)C(O)C1O)[C@H](O)CCCCCCCCCCCCCCCCCCC. The van der Waals surface area contributed by atoms with E-state index in [4.69, 9.17) is 9.47 Å². The maximum Gasteiger partial charge on any atom is 0.220 e. The van der Waals surface area contributed by atoms with E-state index in [1.165, 1.54) is 193 Å². The van der Waals surface area contributed by atoms with Crippen molar-refractivity contribution in [1.29, 1.82) is 0 Å². The van der Waals surface area contributed by atoms with Crippen molar-refractivity contribution in [2.24, 2.45) is 0 Å². The van der Waals surface area contributed by atoms with Crippen LogP contribution in [0.3, 0.4) is 0 Å². The lowest BCUT2D eigenvalue weighted by atomic mass is 9.99. The topological polar surface area (TPSA) is 149 Å². The van der Waals surface area contributed by atoms with Gasteiger partial charge in [0.2, 0.25) is 5.91 Å². The Balaban J connectivity index is 2.25. The molecule has 1 aliphatic rings. The molecule has 7 atom stereocenters. The van der Waals surface area contributed by atoms with Gasteiger partial charge in [0.25, 0.3) is 0 Å². The van der Waals surface area contributed by atoms with E-state index < -0.39 is 49.5 Å². The first kappa shape index (κ1) is 56.2. The number of aliphatic hydroxyl groups is 5. The van der Waals surface area contributed by atoms with Crippen molar-refractivity contribution in [3.05, 3.63) is 0 Å². The summed E-state index contributed by atoms with van der Waals surface area (Å²) in [5, 5.41) is 54.5. The van der Waals surface area contributed by atoms with Crippen molar-refractivity contribution in [1.82, 2.24) is 5.32 Å². The van der Waals surface area contributed by atoms with Gasteiger partial charge in [-0.2, -0.15) is 0 Å². The number of hydrogen-bond donors (Lipinski definition) is 6. The van der Waals surface area contributed by atoms with Gasteiger partial charge in [-0.1, -0.05) is 239 Å². The van der Waals surface area contributed by atoms with Crippen LogP contribution < -0.4 is 5.32 Å². The number of amides is 1. The van der Waals surface area contributed by atoms with Gasteiger partial charge in [0, 0.05) is 6.42 Å². The highest BCUT2D eigenvalue weighted by atomic mass is 16.7. The third kappa shape index (κ3) is 31.6. The summed E-state index contributed by atoms with van der Waals surface area (Å²) in [7, 11) is 0. The van der Waals surface area contributed by atoms with Gasteiger partial charge in [0.15, 0.2) is 6.29 Å². The molecule has 0 aromatic rings. The zero-order chi connectivity index (χ0) is 43.0. The first-order valence-corrected chi connectivity index (χ1v) is 25.7. The molecule has 0 aliphatic carbocycles. The number of nitrogens with one attached hydrogen (secondary N) is 1. The van der Waals surface area contributed by atoms with E-state index in [2.05, 4.69) is 19.2 Å². The second kappa shape index (κ2) is 41.2. The van der Waals surface area contributed by atoms with Crippen LogP contribution in [-0.2, 0) is 14.3 Å². The Kier molecular flexibility index (Phi) is 39.3. The first-order valence-electron chi connectivity index (χ1n) is 25.7. The highest BCUT2D eigenvalue weighted by Crippen LogP contribution is 2.23. The van der Waals surface area contributed by atoms with E-state index in [1.807, 2.05) is 0 Å². The fourth-order valence-electron chi connectivity index (χ4n) is 8.58. The van der Waals surface area contributed by atoms with Crippen LogP contribution in [0.2, 0.25) is 0 Å². The molecule has 1 amide bonds. The molecule has 6 N–H and O–H groups in total. The quantitative estimate of drug-likeness (QED) is 0.0332. The summed E-state index contributed by atoms with van der Waals surface area (Å²) >= 11 is 0. The number of aliphatic hydroxyl groups excluding tert-OH is 5. The Bertz CT molecular complexity index is 893. The maximum absolute atomic E-state index is 13.0. The summed E-state index contributed by atoms with van der Waals surface area (Å²) in [5.41, 5.74) is 0. The minimum absolute atomic E-state index is 0.131. The van der Waals surface area contributed by atoms with Crippen LogP contribution in [0, 0.1) is 0 Å². The molecule has 1 fully saturated rings. The minimum Gasteiger partial charge on any atom is -0.394 e. The molecule has 0 saturated carbocycles. The van der Waals surface area contributed by atoms with Gasteiger partial charge in [-0.05, 0) is 12.8 Å². The third-order valence-corrected chi connectivity index (χ3v) is 12.7. The van der Waals surface area contributed by atoms with Gasteiger partial charge in [0.1, 0.15) is 24.4 Å². The molecule has 0 bridgehead atoms. The van der Waals surface area contributed by atoms with Crippen molar-refractivity contribution >= 4 is 5.91 Å². The Labute approximate surface area is 364 Å². The van der Waals surface area contributed by atoms with Gasteiger partial charge >= 0.3 is 0 Å². The summed E-state index contributed by atoms with van der Waals surface area (Å²) in [6.45, 7) is 3.87. The minimum atomic E-state index is -1.55. The highest BCUT2D eigenvalue weighted by Gasteiger charge is 2.44. The summed E-state index contributed by atoms with van der Waals surface area (Å²) in [4.78, 5) is 13.0. The largest absolute Gasteiger partial charge is 0.394 e. The zero-order valence-electron chi connectivity index (χ0n) is 38.8. The van der Waals surface area contributed by atoms with E-state index >= 15 is 0 Å². The van der Waals surface area contributed by atoms with Gasteiger partial charge in [-0.25, -0.2) is 0 Å². The molecule has 0 radical (unpaired) electrons. The average molecular weight is 842 g/mol. The predicted octanol–water partition coefficient (Wildman–Crippen LogP) is 11.5. The summed E-state index contributed by atoms with van der Waals surface area (Å²) in [6, 6.07) is -0.712. The molecule has 0 spiro atoms. The second-order valence-corrected chi connectivity index (χ2v) is 18.3. The van der Waals surface area contributed by atoms with Crippen LogP contribution in [0.15, 0.2) is 0 Å². The molecular formula is C50H99NO8. The summed E-state index contributed by atoms with van der Waals surface area (Å²) in [5.74, 6) is -0.138. The Morgan fingerprint density at radius 3 is 1.20 bits per heavy atom. The van der Waals surface area contributed by atoms with E-state index in [-0.39, 0.29) is 12.5 Å². The number of rotatable bonds is 44. The normalized spacial score (nSPS) is 20.6. The Hall–Kier alpha value is -0.810. The smallest absolute Gasteiger partial charge is 0.220 e. The van der Waals surface area contributed by atoms with Crippen LogP contribution in [0.25, 0.3) is 0 Å².